The number of fused-ring (bicyclic) bond motifs is 2. The zero-order chi connectivity index (χ0) is 15.3. The van der Waals surface area contributed by atoms with Gasteiger partial charge in [0.15, 0.2) is 0 Å². The molecule has 3 aliphatic rings. The van der Waals surface area contributed by atoms with Gasteiger partial charge in [0.05, 0.1) is 0 Å². The Morgan fingerprint density at radius 1 is 1.41 bits per heavy atom. The van der Waals surface area contributed by atoms with Crippen molar-refractivity contribution in [3.63, 3.8) is 0 Å². The van der Waals surface area contributed by atoms with Crippen molar-refractivity contribution in [2.75, 3.05) is 13.1 Å². The topological polar surface area (TPSA) is 49.4 Å². The van der Waals surface area contributed by atoms with E-state index in [0.717, 1.165) is 19.3 Å². The summed E-state index contributed by atoms with van der Waals surface area (Å²) in [5.41, 5.74) is 2.85. The number of rotatable bonds is 2. The van der Waals surface area contributed by atoms with Gasteiger partial charge < -0.3 is 10.2 Å². The molecule has 4 nitrogen and oxygen atoms in total. The van der Waals surface area contributed by atoms with Crippen LogP contribution in [0.5, 0.6) is 0 Å². The molecule has 0 aromatic heterocycles. The number of carbonyl (C=O) groups excluding carboxylic acids is 2. The van der Waals surface area contributed by atoms with Crippen molar-refractivity contribution < 1.29 is 9.59 Å². The molecule has 2 aliphatic carbocycles. The van der Waals surface area contributed by atoms with E-state index in [-0.39, 0.29) is 29.2 Å². The molecule has 4 rings (SSSR count). The molecule has 0 bridgehead atoms. The molecule has 3 unspecified atom stereocenters. The molecule has 1 N–H and O–H groups in total. The average molecular weight is 298 g/mol. The Kier molecular flexibility index (Phi) is 3.03. The molecule has 1 aromatic rings. The Morgan fingerprint density at radius 2 is 2.23 bits per heavy atom. The highest BCUT2D eigenvalue weighted by molar-refractivity contribution is 5.92. The lowest BCUT2D eigenvalue weighted by atomic mass is 9.94. The first-order chi connectivity index (χ1) is 10.7. The highest BCUT2D eigenvalue weighted by Crippen LogP contribution is 2.62. The minimum atomic E-state index is -0.282. The Labute approximate surface area is 130 Å². The summed E-state index contributed by atoms with van der Waals surface area (Å²) in [5, 5.41) is 2.87. The summed E-state index contributed by atoms with van der Waals surface area (Å²) in [6.45, 7) is 3.21. The van der Waals surface area contributed by atoms with Crippen LogP contribution in [-0.2, 0) is 21.4 Å². The smallest absolute Gasteiger partial charge is 0.242 e. The fourth-order valence-corrected chi connectivity index (χ4v) is 4.50. The summed E-state index contributed by atoms with van der Waals surface area (Å²) in [6.07, 6.45) is 3.81. The van der Waals surface area contributed by atoms with E-state index < -0.39 is 0 Å². The van der Waals surface area contributed by atoms with Crippen LogP contribution in [0.1, 0.15) is 37.3 Å². The molecule has 2 fully saturated rings. The van der Waals surface area contributed by atoms with Crippen molar-refractivity contribution >= 4 is 11.8 Å². The third kappa shape index (κ3) is 1.82. The highest BCUT2D eigenvalue weighted by Gasteiger charge is 2.62. The van der Waals surface area contributed by atoms with Crippen LogP contribution in [0.25, 0.3) is 0 Å². The van der Waals surface area contributed by atoms with Crippen LogP contribution in [0.3, 0.4) is 0 Å². The van der Waals surface area contributed by atoms with Gasteiger partial charge in [-0.2, -0.15) is 0 Å². The van der Waals surface area contributed by atoms with E-state index in [4.69, 9.17) is 0 Å². The molecular formula is C18H22N2O2. The van der Waals surface area contributed by atoms with E-state index in [0.29, 0.717) is 19.5 Å². The number of amides is 2. The Bertz CT molecular complexity index is 642. The van der Waals surface area contributed by atoms with E-state index in [2.05, 4.69) is 29.6 Å². The standard InChI is InChI=1S/C18H22N2O2/c1-2-15-16(21)19-9-10-20(15)17(22)14-11-18(14)8-7-12-5-3-4-6-13(12)18/h3-6,14-15H,2,7-11H2,1H3,(H,19,21). The van der Waals surface area contributed by atoms with Crippen molar-refractivity contribution in [1.29, 1.82) is 0 Å². The summed E-state index contributed by atoms with van der Waals surface area (Å²) in [6, 6.07) is 8.26. The maximum Gasteiger partial charge on any atom is 0.242 e. The number of carbonyl (C=O) groups is 2. The molecule has 1 saturated carbocycles. The molecule has 4 heteroatoms. The van der Waals surface area contributed by atoms with Crippen molar-refractivity contribution in [2.24, 2.45) is 5.92 Å². The number of benzene rings is 1. The molecule has 1 saturated heterocycles. The van der Waals surface area contributed by atoms with Gasteiger partial charge in [-0.1, -0.05) is 31.2 Å². The normalized spacial score (nSPS) is 32.8. The van der Waals surface area contributed by atoms with E-state index in [1.165, 1.54) is 11.1 Å². The minimum Gasteiger partial charge on any atom is -0.353 e. The molecule has 2 amide bonds. The number of aryl methyl sites for hydroxylation is 1. The number of nitrogens with zero attached hydrogens (tertiary/aromatic N) is 1. The van der Waals surface area contributed by atoms with Crippen LogP contribution in [-0.4, -0.2) is 35.8 Å². The quantitative estimate of drug-likeness (QED) is 0.902. The molecule has 1 aliphatic heterocycles. The molecule has 116 valence electrons. The first-order valence-corrected chi connectivity index (χ1v) is 8.34. The van der Waals surface area contributed by atoms with Gasteiger partial charge in [0.2, 0.25) is 11.8 Å². The van der Waals surface area contributed by atoms with E-state index in [1.54, 1.807) is 0 Å². The van der Waals surface area contributed by atoms with Crippen LogP contribution >= 0.6 is 0 Å². The third-order valence-corrected chi connectivity index (χ3v) is 5.77. The summed E-state index contributed by atoms with van der Waals surface area (Å²) in [4.78, 5) is 26.8. The lowest BCUT2D eigenvalue weighted by molar-refractivity contribution is -0.144. The second-order valence-electron chi connectivity index (χ2n) is 6.82. The van der Waals surface area contributed by atoms with Crippen molar-refractivity contribution in [3.05, 3.63) is 35.4 Å². The first-order valence-electron chi connectivity index (χ1n) is 8.34. The van der Waals surface area contributed by atoms with Gasteiger partial charge in [0.1, 0.15) is 6.04 Å². The Morgan fingerprint density at radius 3 is 3.05 bits per heavy atom. The molecule has 0 radical (unpaired) electrons. The molecule has 22 heavy (non-hydrogen) atoms. The molecule has 3 atom stereocenters. The van der Waals surface area contributed by atoms with Gasteiger partial charge in [-0.15, -0.1) is 0 Å². The maximum atomic E-state index is 13.0. The van der Waals surface area contributed by atoms with E-state index in [9.17, 15) is 9.59 Å². The fourth-order valence-electron chi connectivity index (χ4n) is 4.50. The second kappa shape index (κ2) is 4.83. The van der Waals surface area contributed by atoms with Gasteiger partial charge in [0.25, 0.3) is 0 Å². The first kappa shape index (κ1) is 13.8. The van der Waals surface area contributed by atoms with Crippen LogP contribution in [0.15, 0.2) is 24.3 Å². The lowest BCUT2D eigenvalue weighted by Gasteiger charge is -2.35. The highest BCUT2D eigenvalue weighted by atomic mass is 16.2. The number of hydrogen-bond donors (Lipinski definition) is 1. The minimum absolute atomic E-state index is 0.00335. The largest absolute Gasteiger partial charge is 0.353 e. The van der Waals surface area contributed by atoms with Gasteiger partial charge in [-0.05, 0) is 36.8 Å². The Balaban J connectivity index is 1.57. The lowest BCUT2D eigenvalue weighted by Crippen LogP contribution is -2.57. The monoisotopic (exact) mass is 298 g/mol. The summed E-state index contributed by atoms with van der Waals surface area (Å²) in [5.74, 6) is 0.276. The maximum absolute atomic E-state index is 13.0. The molecular weight excluding hydrogens is 276 g/mol. The van der Waals surface area contributed by atoms with E-state index >= 15 is 0 Å². The summed E-state index contributed by atoms with van der Waals surface area (Å²) < 4.78 is 0. The average Bonchev–Trinajstić information content (AvgIpc) is 3.16. The van der Waals surface area contributed by atoms with Crippen molar-refractivity contribution in [3.8, 4) is 0 Å². The predicted molar refractivity (Wildman–Crippen MR) is 83.3 cm³/mol. The summed E-state index contributed by atoms with van der Waals surface area (Å²) in [7, 11) is 0. The number of nitrogens with one attached hydrogen (secondary N) is 1. The van der Waals surface area contributed by atoms with Gasteiger partial charge in [0, 0.05) is 24.4 Å². The van der Waals surface area contributed by atoms with Crippen LogP contribution in [0.2, 0.25) is 0 Å². The van der Waals surface area contributed by atoms with Gasteiger partial charge in [-0.3, -0.25) is 9.59 Å². The van der Waals surface area contributed by atoms with Crippen LogP contribution in [0.4, 0.5) is 0 Å². The SMILES string of the molecule is CCC1C(=O)NCCN1C(=O)C1CC12CCc1ccccc12. The summed E-state index contributed by atoms with van der Waals surface area (Å²) >= 11 is 0. The fraction of sp³-hybridized carbons (Fsp3) is 0.556. The molecule has 1 heterocycles. The molecule has 1 aromatic carbocycles. The van der Waals surface area contributed by atoms with Crippen molar-refractivity contribution in [2.45, 2.75) is 44.1 Å². The van der Waals surface area contributed by atoms with Crippen LogP contribution in [0, 0.1) is 5.92 Å². The van der Waals surface area contributed by atoms with Gasteiger partial charge >= 0.3 is 0 Å². The zero-order valence-corrected chi connectivity index (χ0v) is 13.0. The van der Waals surface area contributed by atoms with E-state index in [1.807, 2.05) is 11.8 Å². The van der Waals surface area contributed by atoms with Crippen molar-refractivity contribution in [1.82, 2.24) is 10.2 Å². The predicted octanol–water partition coefficient (Wildman–Crippen LogP) is 1.63. The Hall–Kier alpha value is -1.84. The second-order valence-corrected chi connectivity index (χ2v) is 6.82. The van der Waals surface area contributed by atoms with Crippen LogP contribution < -0.4 is 5.32 Å². The molecule has 1 spiro atoms. The number of hydrogen-bond acceptors (Lipinski definition) is 2. The third-order valence-electron chi connectivity index (χ3n) is 5.77. The van der Waals surface area contributed by atoms with Gasteiger partial charge in [-0.25, -0.2) is 0 Å². The zero-order valence-electron chi connectivity index (χ0n) is 13.0. The number of piperazine rings is 1.